The highest BCUT2D eigenvalue weighted by Gasteiger charge is 2.20. The lowest BCUT2D eigenvalue weighted by atomic mass is 10.1. The molecular formula is C20H23F2N5. The summed E-state index contributed by atoms with van der Waals surface area (Å²) in [5.74, 6) is -0.301. The maximum atomic E-state index is 13.7. The van der Waals surface area contributed by atoms with Crippen molar-refractivity contribution in [3.63, 3.8) is 0 Å². The number of hydrogen-bond acceptors (Lipinski definition) is 4. The number of nitrogens with one attached hydrogen (secondary N) is 1. The van der Waals surface area contributed by atoms with Crippen LogP contribution >= 0.6 is 0 Å². The summed E-state index contributed by atoms with van der Waals surface area (Å²) in [5.41, 5.74) is 9.30. The van der Waals surface area contributed by atoms with E-state index in [9.17, 15) is 8.78 Å². The number of halogens is 2. The van der Waals surface area contributed by atoms with Crippen molar-refractivity contribution in [2.75, 3.05) is 37.6 Å². The third kappa shape index (κ3) is 3.65. The second-order valence-corrected chi connectivity index (χ2v) is 6.84. The van der Waals surface area contributed by atoms with Gasteiger partial charge in [-0.15, -0.1) is 0 Å². The quantitative estimate of drug-likeness (QED) is 0.722. The van der Waals surface area contributed by atoms with Crippen LogP contribution < -0.4 is 16.0 Å². The third-order valence-electron chi connectivity index (χ3n) is 4.92. The average molecular weight is 371 g/mol. The van der Waals surface area contributed by atoms with Crippen LogP contribution in [0, 0.1) is 11.6 Å². The lowest BCUT2D eigenvalue weighted by Crippen LogP contribution is -2.44. The average Bonchev–Trinajstić information content (AvgIpc) is 3.01. The summed E-state index contributed by atoms with van der Waals surface area (Å²) < 4.78 is 29.4. The monoisotopic (exact) mass is 371 g/mol. The molecule has 1 aliphatic rings. The minimum atomic E-state index is -0.568. The number of piperazine rings is 1. The topological polar surface area (TPSA) is 59.1 Å². The lowest BCUT2D eigenvalue weighted by molar-refractivity contribution is 0.567. The van der Waals surface area contributed by atoms with E-state index in [4.69, 9.17) is 10.7 Å². The van der Waals surface area contributed by atoms with Crippen LogP contribution in [-0.4, -0.2) is 42.3 Å². The molecule has 0 amide bonds. The first-order valence-corrected chi connectivity index (χ1v) is 9.24. The molecule has 27 heavy (non-hydrogen) atoms. The SMILES string of the molecule is NCCc1cccc2c1nc(N1CCNCC1)n2Cc1cc(F)cc(F)c1. The van der Waals surface area contributed by atoms with Gasteiger partial charge in [-0.05, 0) is 42.3 Å². The molecule has 142 valence electrons. The van der Waals surface area contributed by atoms with Gasteiger partial charge in [0.2, 0.25) is 5.95 Å². The molecular weight excluding hydrogens is 348 g/mol. The van der Waals surface area contributed by atoms with Crippen LogP contribution in [0.2, 0.25) is 0 Å². The first-order chi connectivity index (χ1) is 13.2. The molecule has 1 aliphatic heterocycles. The van der Waals surface area contributed by atoms with Crippen LogP contribution in [0.15, 0.2) is 36.4 Å². The van der Waals surface area contributed by atoms with Crippen molar-refractivity contribution in [1.82, 2.24) is 14.9 Å². The molecule has 0 bridgehead atoms. The van der Waals surface area contributed by atoms with Crippen molar-refractivity contribution in [3.05, 3.63) is 59.2 Å². The zero-order valence-corrected chi connectivity index (χ0v) is 15.1. The zero-order chi connectivity index (χ0) is 18.8. The molecule has 5 nitrogen and oxygen atoms in total. The highest BCUT2D eigenvalue weighted by molar-refractivity contribution is 5.82. The molecule has 0 atom stereocenters. The summed E-state index contributed by atoms with van der Waals surface area (Å²) in [6.45, 7) is 4.35. The lowest BCUT2D eigenvalue weighted by Gasteiger charge is -2.29. The second kappa shape index (κ2) is 7.62. The number of para-hydroxylation sites is 1. The van der Waals surface area contributed by atoms with Crippen molar-refractivity contribution < 1.29 is 8.78 Å². The number of nitrogens with two attached hydrogens (primary N) is 1. The summed E-state index contributed by atoms with van der Waals surface area (Å²) in [5, 5.41) is 3.34. The zero-order valence-electron chi connectivity index (χ0n) is 15.1. The molecule has 1 fully saturated rings. The molecule has 3 aromatic rings. The van der Waals surface area contributed by atoms with E-state index in [1.165, 1.54) is 12.1 Å². The van der Waals surface area contributed by atoms with Gasteiger partial charge in [0.05, 0.1) is 17.6 Å². The van der Waals surface area contributed by atoms with Crippen molar-refractivity contribution in [3.8, 4) is 0 Å². The minimum Gasteiger partial charge on any atom is -0.340 e. The fourth-order valence-electron chi connectivity index (χ4n) is 3.70. The summed E-state index contributed by atoms with van der Waals surface area (Å²) in [6.07, 6.45) is 0.740. The van der Waals surface area contributed by atoms with Gasteiger partial charge >= 0.3 is 0 Å². The van der Waals surface area contributed by atoms with Crippen molar-refractivity contribution in [1.29, 1.82) is 0 Å². The van der Waals surface area contributed by atoms with Gasteiger partial charge in [0.1, 0.15) is 11.6 Å². The Morgan fingerprint density at radius 2 is 1.81 bits per heavy atom. The first-order valence-electron chi connectivity index (χ1n) is 9.24. The van der Waals surface area contributed by atoms with Gasteiger partial charge in [-0.1, -0.05) is 12.1 Å². The highest BCUT2D eigenvalue weighted by Crippen LogP contribution is 2.27. The smallest absolute Gasteiger partial charge is 0.206 e. The van der Waals surface area contributed by atoms with Gasteiger partial charge in [0.25, 0.3) is 0 Å². The Morgan fingerprint density at radius 3 is 2.52 bits per heavy atom. The standard InChI is InChI=1S/C20H23F2N5/c21-16-10-14(11-17(22)12-16)13-27-18-3-1-2-15(4-5-23)19(18)25-20(27)26-8-6-24-7-9-26/h1-3,10-12,24H,4-9,13,23H2. The van der Waals surface area contributed by atoms with Crippen molar-refractivity contribution >= 4 is 17.0 Å². The van der Waals surface area contributed by atoms with Crippen LogP contribution in [0.3, 0.4) is 0 Å². The largest absolute Gasteiger partial charge is 0.340 e. The fraction of sp³-hybridized carbons (Fsp3) is 0.350. The highest BCUT2D eigenvalue weighted by atomic mass is 19.1. The van der Waals surface area contributed by atoms with E-state index in [2.05, 4.69) is 14.8 Å². The van der Waals surface area contributed by atoms with Gasteiger partial charge in [-0.25, -0.2) is 13.8 Å². The summed E-state index contributed by atoms with van der Waals surface area (Å²) >= 11 is 0. The van der Waals surface area contributed by atoms with E-state index < -0.39 is 11.6 Å². The van der Waals surface area contributed by atoms with Gasteiger partial charge in [-0.2, -0.15) is 0 Å². The van der Waals surface area contributed by atoms with E-state index in [1.807, 2.05) is 18.2 Å². The molecule has 2 heterocycles. The van der Waals surface area contributed by atoms with Gasteiger partial charge in [0.15, 0.2) is 0 Å². The molecule has 4 rings (SSSR count). The van der Waals surface area contributed by atoms with E-state index >= 15 is 0 Å². The number of hydrogen-bond donors (Lipinski definition) is 2. The van der Waals surface area contributed by atoms with Crippen LogP contribution in [0.4, 0.5) is 14.7 Å². The molecule has 3 N–H and O–H groups in total. The second-order valence-electron chi connectivity index (χ2n) is 6.84. The number of nitrogens with zero attached hydrogens (tertiary/aromatic N) is 3. The van der Waals surface area contributed by atoms with Crippen LogP contribution in [-0.2, 0) is 13.0 Å². The Hall–Kier alpha value is -2.51. The molecule has 0 unspecified atom stereocenters. The van der Waals surface area contributed by atoms with Crippen molar-refractivity contribution in [2.24, 2.45) is 5.73 Å². The Kier molecular flexibility index (Phi) is 5.05. The van der Waals surface area contributed by atoms with E-state index in [0.29, 0.717) is 18.7 Å². The first kappa shape index (κ1) is 17.9. The molecule has 1 saturated heterocycles. The number of benzene rings is 2. The number of anilines is 1. The number of aromatic nitrogens is 2. The molecule has 0 radical (unpaired) electrons. The number of fused-ring (bicyclic) bond motifs is 1. The summed E-state index contributed by atoms with van der Waals surface area (Å²) in [7, 11) is 0. The van der Waals surface area contributed by atoms with Crippen LogP contribution in [0.1, 0.15) is 11.1 Å². The summed E-state index contributed by atoms with van der Waals surface area (Å²) in [4.78, 5) is 7.13. The molecule has 0 saturated carbocycles. The van der Waals surface area contributed by atoms with E-state index in [1.54, 1.807) is 0 Å². The third-order valence-corrected chi connectivity index (χ3v) is 4.92. The van der Waals surface area contributed by atoms with Gasteiger partial charge < -0.3 is 20.5 Å². The molecule has 1 aromatic heterocycles. The van der Waals surface area contributed by atoms with Gasteiger partial charge in [-0.3, -0.25) is 0 Å². The Morgan fingerprint density at radius 1 is 1.07 bits per heavy atom. The molecule has 0 aliphatic carbocycles. The normalized spacial score (nSPS) is 14.9. The Labute approximate surface area is 156 Å². The van der Waals surface area contributed by atoms with Crippen molar-refractivity contribution in [2.45, 2.75) is 13.0 Å². The molecule has 7 heteroatoms. The number of rotatable bonds is 5. The molecule has 2 aromatic carbocycles. The maximum absolute atomic E-state index is 13.7. The maximum Gasteiger partial charge on any atom is 0.206 e. The molecule has 0 spiro atoms. The van der Waals surface area contributed by atoms with Crippen LogP contribution in [0.25, 0.3) is 11.0 Å². The fourth-order valence-corrected chi connectivity index (χ4v) is 3.70. The summed E-state index contributed by atoms with van der Waals surface area (Å²) in [6, 6.07) is 9.67. The van der Waals surface area contributed by atoms with E-state index in [-0.39, 0.29) is 0 Å². The Balaban J connectivity index is 1.83. The predicted octanol–water partition coefficient (Wildman–Crippen LogP) is 2.27. The minimum absolute atomic E-state index is 0.358. The van der Waals surface area contributed by atoms with E-state index in [0.717, 1.165) is 61.2 Å². The predicted molar refractivity (Wildman–Crippen MR) is 103 cm³/mol. The Bertz CT molecular complexity index is 927. The number of imidazole rings is 1. The van der Waals surface area contributed by atoms with Crippen LogP contribution in [0.5, 0.6) is 0 Å². The van der Waals surface area contributed by atoms with Gasteiger partial charge in [0, 0.05) is 32.2 Å².